The Hall–Kier alpha value is -1.76. The van der Waals surface area contributed by atoms with Crippen molar-refractivity contribution in [3.05, 3.63) is 33.9 Å². The van der Waals surface area contributed by atoms with Crippen LogP contribution in [0.5, 0.6) is 0 Å². The van der Waals surface area contributed by atoms with E-state index < -0.39 is 4.92 Å². The highest BCUT2D eigenvalue weighted by Gasteiger charge is 2.12. The first-order chi connectivity index (χ1) is 8.04. The van der Waals surface area contributed by atoms with Crippen molar-refractivity contribution in [3.63, 3.8) is 0 Å². The smallest absolute Gasteiger partial charge is 0.315 e. The molecule has 0 spiro atoms. The molecule has 0 amide bonds. The number of methoxy groups -OCH3 is 1. The summed E-state index contributed by atoms with van der Waals surface area (Å²) in [6.07, 6.45) is 0. The largest absolute Gasteiger partial charge is 0.468 e. The summed E-state index contributed by atoms with van der Waals surface area (Å²) in [7, 11) is 1.32. The van der Waals surface area contributed by atoms with Crippen molar-refractivity contribution in [1.29, 1.82) is 0 Å². The van der Waals surface area contributed by atoms with Crippen LogP contribution in [0.4, 0.5) is 11.4 Å². The molecule has 0 aliphatic carbocycles. The van der Waals surface area contributed by atoms with Gasteiger partial charge in [-0.1, -0.05) is 6.07 Å². The van der Waals surface area contributed by atoms with Crippen molar-refractivity contribution < 1.29 is 14.5 Å². The van der Waals surface area contributed by atoms with Crippen LogP contribution in [-0.4, -0.2) is 23.8 Å². The van der Waals surface area contributed by atoms with Gasteiger partial charge in [0.15, 0.2) is 0 Å². The topological polar surface area (TPSA) is 95.5 Å². The van der Waals surface area contributed by atoms with Crippen molar-refractivity contribution in [2.45, 2.75) is 5.75 Å². The standard InChI is InChI=1S/C10H12N2O4S/c1-16-10(13)6-17-5-7-2-3-8(11)9(4-7)12(14)15/h2-4H,5-6,11H2,1H3. The predicted octanol–water partition coefficient (Wildman–Crippen LogP) is 1.58. The molecule has 1 rings (SSSR count). The van der Waals surface area contributed by atoms with E-state index in [9.17, 15) is 14.9 Å². The molecule has 0 aromatic heterocycles. The molecule has 0 unspecified atom stereocenters. The van der Waals surface area contributed by atoms with E-state index >= 15 is 0 Å². The highest BCUT2D eigenvalue weighted by Crippen LogP contribution is 2.24. The first-order valence-electron chi connectivity index (χ1n) is 4.72. The number of esters is 1. The van der Waals surface area contributed by atoms with Gasteiger partial charge in [-0.3, -0.25) is 14.9 Å². The van der Waals surface area contributed by atoms with Crippen molar-refractivity contribution >= 4 is 29.1 Å². The Balaban J connectivity index is 2.63. The molecule has 17 heavy (non-hydrogen) atoms. The molecule has 2 N–H and O–H groups in total. The number of anilines is 1. The first kappa shape index (κ1) is 13.3. The molecular formula is C10H12N2O4S. The summed E-state index contributed by atoms with van der Waals surface area (Å²) in [5.74, 6) is 0.394. The monoisotopic (exact) mass is 256 g/mol. The molecule has 7 heteroatoms. The Labute approximate surface area is 102 Å². The molecule has 1 aromatic carbocycles. The molecule has 0 fully saturated rings. The van der Waals surface area contributed by atoms with Crippen LogP contribution >= 0.6 is 11.8 Å². The van der Waals surface area contributed by atoms with Crippen LogP contribution in [0, 0.1) is 10.1 Å². The van der Waals surface area contributed by atoms with Gasteiger partial charge in [-0.2, -0.15) is 0 Å². The van der Waals surface area contributed by atoms with Crippen LogP contribution in [0.2, 0.25) is 0 Å². The van der Waals surface area contributed by atoms with Crippen molar-refractivity contribution in [1.82, 2.24) is 0 Å². The van der Waals surface area contributed by atoms with Crippen LogP contribution in [0.1, 0.15) is 5.56 Å². The number of nitro benzene ring substituents is 1. The van der Waals surface area contributed by atoms with Crippen LogP contribution in [0.3, 0.4) is 0 Å². The van der Waals surface area contributed by atoms with Crippen LogP contribution < -0.4 is 5.73 Å². The fourth-order valence-corrected chi connectivity index (χ4v) is 1.95. The zero-order chi connectivity index (χ0) is 12.8. The Morgan fingerprint density at radius 3 is 2.88 bits per heavy atom. The molecule has 0 heterocycles. The van der Waals surface area contributed by atoms with Gasteiger partial charge in [-0.05, 0) is 11.6 Å². The van der Waals surface area contributed by atoms with E-state index in [2.05, 4.69) is 4.74 Å². The molecule has 0 atom stereocenters. The number of nitro groups is 1. The minimum atomic E-state index is -0.524. The second kappa shape index (κ2) is 6.09. The highest BCUT2D eigenvalue weighted by molar-refractivity contribution is 7.99. The van der Waals surface area contributed by atoms with Gasteiger partial charge >= 0.3 is 5.97 Å². The molecule has 1 aromatic rings. The lowest BCUT2D eigenvalue weighted by atomic mass is 10.2. The van der Waals surface area contributed by atoms with E-state index in [0.717, 1.165) is 5.56 Å². The Morgan fingerprint density at radius 1 is 1.59 bits per heavy atom. The van der Waals surface area contributed by atoms with E-state index in [-0.39, 0.29) is 23.1 Å². The zero-order valence-electron chi connectivity index (χ0n) is 9.21. The molecule has 6 nitrogen and oxygen atoms in total. The second-order valence-corrected chi connectivity index (χ2v) is 4.20. The van der Waals surface area contributed by atoms with E-state index in [1.54, 1.807) is 6.07 Å². The third-order valence-corrected chi connectivity index (χ3v) is 2.99. The highest BCUT2D eigenvalue weighted by atomic mass is 32.2. The van der Waals surface area contributed by atoms with E-state index in [1.807, 2.05) is 0 Å². The minimum absolute atomic E-state index is 0.110. The SMILES string of the molecule is COC(=O)CSCc1ccc(N)c([N+](=O)[O-])c1. The van der Waals surface area contributed by atoms with Crippen molar-refractivity contribution in [2.24, 2.45) is 0 Å². The summed E-state index contributed by atoms with van der Waals surface area (Å²) in [6.45, 7) is 0. The van der Waals surface area contributed by atoms with Gasteiger partial charge in [0, 0.05) is 11.8 Å². The third-order valence-electron chi connectivity index (χ3n) is 2.01. The lowest BCUT2D eigenvalue weighted by Gasteiger charge is -2.02. The van der Waals surface area contributed by atoms with E-state index in [4.69, 9.17) is 5.73 Å². The molecule has 0 radical (unpaired) electrons. The summed E-state index contributed by atoms with van der Waals surface area (Å²) in [6, 6.07) is 4.61. The van der Waals surface area contributed by atoms with Gasteiger partial charge in [0.2, 0.25) is 0 Å². The van der Waals surface area contributed by atoms with E-state index in [1.165, 1.54) is 31.0 Å². The van der Waals surface area contributed by atoms with Gasteiger partial charge in [0.25, 0.3) is 5.69 Å². The first-order valence-corrected chi connectivity index (χ1v) is 5.87. The molecule has 0 saturated heterocycles. The number of ether oxygens (including phenoxy) is 1. The van der Waals surface area contributed by atoms with Crippen LogP contribution in [0.25, 0.3) is 0 Å². The molecule has 92 valence electrons. The number of rotatable bonds is 5. The summed E-state index contributed by atoms with van der Waals surface area (Å²) >= 11 is 1.33. The molecule has 0 aliphatic heterocycles. The van der Waals surface area contributed by atoms with Gasteiger partial charge in [0.1, 0.15) is 5.69 Å². The number of carbonyl (C=O) groups excluding carboxylic acids is 1. The summed E-state index contributed by atoms with van der Waals surface area (Å²) in [5.41, 5.74) is 6.24. The number of hydrogen-bond donors (Lipinski definition) is 1. The maximum absolute atomic E-state index is 10.9. The molecule has 0 aliphatic rings. The van der Waals surface area contributed by atoms with Gasteiger partial charge in [-0.25, -0.2) is 0 Å². The van der Waals surface area contributed by atoms with Gasteiger partial charge in [0.05, 0.1) is 17.8 Å². The number of nitrogen functional groups attached to an aromatic ring is 1. The Morgan fingerprint density at radius 2 is 2.29 bits per heavy atom. The number of thioether (sulfide) groups is 1. The summed E-state index contributed by atoms with van der Waals surface area (Å²) < 4.78 is 4.48. The lowest BCUT2D eigenvalue weighted by molar-refractivity contribution is -0.383. The number of carbonyl (C=O) groups is 1. The van der Waals surface area contributed by atoms with Crippen LogP contribution in [0.15, 0.2) is 18.2 Å². The Bertz CT molecular complexity index is 436. The molecular weight excluding hydrogens is 244 g/mol. The maximum Gasteiger partial charge on any atom is 0.315 e. The number of nitrogens with zero attached hydrogens (tertiary/aromatic N) is 1. The summed E-state index contributed by atoms with van der Waals surface area (Å²) in [5, 5.41) is 10.6. The fraction of sp³-hybridized carbons (Fsp3) is 0.300. The fourth-order valence-electron chi connectivity index (χ4n) is 1.15. The average Bonchev–Trinajstić information content (AvgIpc) is 2.30. The summed E-state index contributed by atoms with van der Waals surface area (Å²) in [4.78, 5) is 21.0. The quantitative estimate of drug-likeness (QED) is 0.372. The van der Waals surface area contributed by atoms with Gasteiger partial charge < -0.3 is 10.5 Å². The maximum atomic E-state index is 10.9. The van der Waals surface area contributed by atoms with Crippen molar-refractivity contribution in [2.75, 3.05) is 18.6 Å². The van der Waals surface area contributed by atoms with Gasteiger partial charge in [-0.15, -0.1) is 11.8 Å². The number of benzene rings is 1. The third kappa shape index (κ3) is 3.95. The van der Waals surface area contributed by atoms with Crippen molar-refractivity contribution in [3.8, 4) is 0 Å². The predicted molar refractivity (Wildman–Crippen MR) is 65.7 cm³/mol. The number of nitrogens with two attached hydrogens (primary N) is 1. The average molecular weight is 256 g/mol. The van der Waals surface area contributed by atoms with E-state index in [0.29, 0.717) is 5.75 Å². The Kier molecular flexibility index (Phi) is 4.77. The molecule has 0 bridgehead atoms. The zero-order valence-corrected chi connectivity index (χ0v) is 10.0. The van der Waals surface area contributed by atoms with Crippen LogP contribution in [-0.2, 0) is 15.3 Å². The number of hydrogen-bond acceptors (Lipinski definition) is 6. The minimum Gasteiger partial charge on any atom is -0.468 e. The lowest BCUT2D eigenvalue weighted by Crippen LogP contribution is -2.03. The molecule has 0 saturated carbocycles. The normalized spacial score (nSPS) is 9.94. The second-order valence-electron chi connectivity index (χ2n) is 3.22.